The van der Waals surface area contributed by atoms with Gasteiger partial charge in [0.15, 0.2) is 0 Å². The van der Waals surface area contributed by atoms with Gasteiger partial charge in [-0.3, -0.25) is 9.59 Å². The Kier molecular flexibility index (Phi) is 4.06. The number of amides is 2. The minimum atomic E-state index is -0.798. The van der Waals surface area contributed by atoms with Crippen LogP contribution in [0.3, 0.4) is 0 Å². The molecule has 7 heteroatoms. The SMILES string of the molecule is O=C(C1CC(=O)N(c2c(F)cccc2F)C1)N1CCOCC1. The van der Waals surface area contributed by atoms with E-state index in [0.717, 1.165) is 17.0 Å². The lowest BCUT2D eigenvalue weighted by molar-refractivity contribution is -0.139. The van der Waals surface area contributed by atoms with Gasteiger partial charge in [0.1, 0.15) is 17.3 Å². The second-order valence-electron chi connectivity index (χ2n) is 5.41. The number of rotatable bonds is 2. The molecule has 0 aromatic heterocycles. The Bertz CT molecular complexity index is 582. The molecule has 2 saturated heterocycles. The summed E-state index contributed by atoms with van der Waals surface area (Å²) >= 11 is 0. The van der Waals surface area contributed by atoms with Gasteiger partial charge >= 0.3 is 0 Å². The second kappa shape index (κ2) is 6.00. The average Bonchev–Trinajstić information content (AvgIpc) is 2.89. The molecule has 0 radical (unpaired) electrons. The van der Waals surface area contributed by atoms with E-state index in [2.05, 4.69) is 0 Å². The van der Waals surface area contributed by atoms with Crippen LogP contribution < -0.4 is 4.90 Å². The van der Waals surface area contributed by atoms with Gasteiger partial charge in [-0.2, -0.15) is 0 Å². The number of halogens is 2. The Morgan fingerprint density at radius 3 is 2.45 bits per heavy atom. The minimum Gasteiger partial charge on any atom is -0.378 e. The van der Waals surface area contributed by atoms with Crippen LogP contribution in [0.4, 0.5) is 14.5 Å². The fourth-order valence-electron chi connectivity index (χ4n) is 2.88. The van der Waals surface area contributed by atoms with Crippen LogP contribution in [-0.4, -0.2) is 49.6 Å². The number of ether oxygens (including phenoxy) is 1. The van der Waals surface area contributed by atoms with Crippen molar-refractivity contribution in [3.05, 3.63) is 29.8 Å². The van der Waals surface area contributed by atoms with E-state index in [4.69, 9.17) is 4.74 Å². The number of hydrogen-bond acceptors (Lipinski definition) is 3. The quantitative estimate of drug-likeness (QED) is 0.824. The van der Waals surface area contributed by atoms with E-state index in [1.54, 1.807) is 4.90 Å². The molecule has 0 N–H and O–H groups in total. The third-order valence-corrected chi connectivity index (χ3v) is 4.00. The number of para-hydroxylation sites is 1. The third kappa shape index (κ3) is 2.68. The highest BCUT2D eigenvalue weighted by Crippen LogP contribution is 2.30. The van der Waals surface area contributed by atoms with Gasteiger partial charge < -0.3 is 14.5 Å². The number of hydrogen-bond donors (Lipinski definition) is 0. The van der Waals surface area contributed by atoms with Crippen molar-refractivity contribution in [3.63, 3.8) is 0 Å². The molecular formula is C15H16F2N2O3. The molecule has 0 spiro atoms. The van der Waals surface area contributed by atoms with Crippen molar-refractivity contribution >= 4 is 17.5 Å². The highest BCUT2D eigenvalue weighted by molar-refractivity contribution is 6.00. The molecule has 0 bridgehead atoms. The summed E-state index contributed by atoms with van der Waals surface area (Å²) in [6.07, 6.45) is -0.0238. The number of carbonyl (C=O) groups is 2. The summed E-state index contributed by atoms with van der Waals surface area (Å²) in [5.41, 5.74) is -0.371. The first kappa shape index (κ1) is 14.9. The summed E-state index contributed by atoms with van der Waals surface area (Å²) < 4.78 is 32.8. The molecule has 3 rings (SSSR count). The van der Waals surface area contributed by atoms with E-state index < -0.39 is 23.5 Å². The van der Waals surface area contributed by atoms with Gasteiger partial charge in [0.25, 0.3) is 0 Å². The first-order valence-corrected chi connectivity index (χ1v) is 7.19. The Morgan fingerprint density at radius 1 is 1.18 bits per heavy atom. The Morgan fingerprint density at radius 2 is 1.82 bits per heavy atom. The van der Waals surface area contributed by atoms with Gasteiger partial charge in [0.2, 0.25) is 11.8 Å². The highest BCUT2D eigenvalue weighted by atomic mass is 19.1. The van der Waals surface area contributed by atoms with E-state index >= 15 is 0 Å². The van der Waals surface area contributed by atoms with Crippen molar-refractivity contribution in [2.45, 2.75) is 6.42 Å². The summed E-state index contributed by atoms with van der Waals surface area (Å²) in [4.78, 5) is 27.1. The Balaban J connectivity index is 1.77. The molecule has 22 heavy (non-hydrogen) atoms. The topological polar surface area (TPSA) is 49.9 Å². The largest absolute Gasteiger partial charge is 0.378 e. The molecule has 2 aliphatic heterocycles. The summed E-state index contributed by atoms with van der Waals surface area (Å²) in [5, 5.41) is 0. The normalized spacial score (nSPS) is 22.3. The molecule has 1 aromatic rings. The number of morpholine rings is 1. The Labute approximate surface area is 126 Å². The number of carbonyl (C=O) groups excluding carboxylic acids is 2. The van der Waals surface area contributed by atoms with E-state index in [0.29, 0.717) is 26.3 Å². The first-order chi connectivity index (χ1) is 10.6. The van der Waals surface area contributed by atoms with Gasteiger partial charge in [-0.25, -0.2) is 8.78 Å². The van der Waals surface area contributed by atoms with Crippen LogP contribution in [0.25, 0.3) is 0 Å². The monoisotopic (exact) mass is 310 g/mol. The molecule has 0 aliphatic carbocycles. The lowest BCUT2D eigenvalue weighted by atomic mass is 10.1. The van der Waals surface area contributed by atoms with Crippen molar-refractivity contribution in [2.75, 3.05) is 37.7 Å². The average molecular weight is 310 g/mol. The smallest absolute Gasteiger partial charge is 0.228 e. The lowest BCUT2D eigenvalue weighted by Crippen LogP contribution is -2.44. The number of nitrogens with zero attached hydrogens (tertiary/aromatic N) is 2. The van der Waals surface area contributed by atoms with Crippen LogP contribution in [-0.2, 0) is 14.3 Å². The van der Waals surface area contributed by atoms with E-state index in [9.17, 15) is 18.4 Å². The van der Waals surface area contributed by atoms with Gasteiger partial charge in [-0.05, 0) is 12.1 Å². The molecule has 2 fully saturated rings. The molecule has 2 aliphatic rings. The molecule has 2 amide bonds. The van der Waals surface area contributed by atoms with Crippen LogP contribution in [0.2, 0.25) is 0 Å². The van der Waals surface area contributed by atoms with Gasteiger partial charge in [-0.1, -0.05) is 6.07 Å². The van der Waals surface area contributed by atoms with Crippen molar-refractivity contribution in [3.8, 4) is 0 Å². The minimum absolute atomic E-state index is 0.00682. The van der Waals surface area contributed by atoms with Crippen LogP contribution in [0.5, 0.6) is 0 Å². The summed E-state index contributed by atoms with van der Waals surface area (Å²) in [7, 11) is 0. The fraction of sp³-hybridized carbons (Fsp3) is 0.467. The third-order valence-electron chi connectivity index (χ3n) is 4.00. The van der Waals surface area contributed by atoms with E-state index in [1.807, 2.05) is 0 Å². The first-order valence-electron chi connectivity index (χ1n) is 7.19. The van der Waals surface area contributed by atoms with Crippen LogP contribution in [0, 0.1) is 17.6 Å². The maximum absolute atomic E-state index is 13.8. The van der Waals surface area contributed by atoms with Gasteiger partial charge in [-0.15, -0.1) is 0 Å². The maximum Gasteiger partial charge on any atom is 0.228 e. The van der Waals surface area contributed by atoms with Crippen molar-refractivity contribution < 1.29 is 23.1 Å². The number of benzene rings is 1. The molecule has 118 valence electrons. The van der Waals surface area contributed by atoms with Crippen molar-refractivity contribution in [1.29, 1.82) is 0 Å². The van der Waals surface area contributed by atoms with Crippen molar-refractivity contribution in [2.24, 2.45) is 5.92 Å². The van der Waals surface area contributed by atoms with E-state index in [1.165, 1.54) is 6.07 Å². The molecule has 0 saturated carbocycles. The summed E-state index contributed by atoms with van der Waals surface area (Å²) in [5.74, 6) is -2.75. The predicted octanol–water partition coefficient (Wildman–Crippen LogP) is 1.18. The lowest BCUT2D eigenvalue weighted by Gasteiger charge is -2.29. The predicted molar refractivity (Wildman–Crippen MR) is 74.2 cm³/mol. The summed E-state index contributed by atoms with van der Waals surface area (Å²) in [6, 6.07) is 3.44. The zero-order valence-corrected chi connectivity index (χ0v) is 11.9. The van der Waals surface area contributed by atoms with Crippen molar-refractivity contribution in [1.82, 2.24) is 4.90 Å². The zero-order valence-electron chi connectivity index (χ0n) is 11.9. The molecule has 1 atom stereocenters. The van der Waals surface area contributed by atoms with Gasteiger partial charge in [0.05, 0.1) is 19.1 Å². The number of anilines is 1. The maximum atomic E-state index is 13.8. The molecule has 5 nitrogen and oxygen atoms in total. The molecular weight excluding hydrogens is 294 g/mol. The summed E-state index contributed by atoms with van der Waals surface area (Å²) in [6.45, 7) is 1.91. The molecule has 1 aromatic carbocycles. The second-order valence-corrected chi connectivity index (χ2v) is 5.41. The standard InChI is InChI=1S/C15H16F2N2O3/c16-11-2-1-3-12(17)14(11)19-9-10(8-13(19)20)15(21)18-4-6-22-7-5-18/h1-3,10H,4-9H2. The Hall–Kier alpha value is -2.02. The van der Waals surface area contributed by atoms with Crippen LogP contribution in [0.1, 0.15) is 6.42 Å². The van der Waals surface area contributed by atoms with Gasteiger partial charge in [0, 0.05) is 26.1 Å². The fourth-order valence-corrected chi connectivity index (χ4v) is 2.88. The highest BCUT2D eigenvalue weighted by Gasteiger charge is 2.39. The van der Waals surface area contributed by atoms with Crippen LogP contribution in [0.15, 0.2) is 18.2 Å². The molecule has 1 unspecified atom stereocenters. The van der Waals surface area contributed by atoms with Crippen LogP contribution >= 0.6 is 0 Å². The molecule has 2 heterocycles. The zero-order chi connectivity index (χ0) is 15.7. The van der Waals surface area contributed by atoms with E-state index in [-0.39, 0.29) is 24.6 Å².